The molecule has 1 aromatic rings. The van der Waals surface area contributed by atoms with Crippen LogP contribution in [0.4, 0.5) is 0 Å². The highest BCUT2D eigenvalue weighted by atomic mass is 35.5. The van der Waals surface area contributed by atoms with Crippen LogP contribution in [0.2, 0.25) is 5.02 Å². The van der Waals surface area contributed by atoms with E-state index < -0.39 is 5.97 Å². The summed E-state index contributed by atoms with van der Waals surface area (Å²) in [6.45, 7) is 4.56. The molecule has 1 aromatic carbocycles. The minimum Gasteiger partial charge on any atom is -0.478 e. The van der Waals surface area contributed by atoms with E-state index in [1.807, 2.05) is 0 Å². The van der Waals surface area contributed by atoms with Crippen molar-refractivity contribution < 1.29 is 9.90 Å². The van der Waals surface area contributed by atoms with E-state index in [1.54, 1.807) is 18.2 Å². The lowest BCUT2D eigenvalue weighted by Gasteiger charge is -2.11. The number of carbonyl (C=O) groups is 1. The number of nitrogens with one attached hydrogen (secondary N) is 2. The van der Waals surface area contributed by atoms with Crippen molar-refractivity contribution in [3.8, 4) is 0 Å². The van der Waals surface area contributed by atoms with Crippen LogP contribution in [-0.2, 0) is 0 Å². The van der Waals surface area contributed by atoms with Crippen LogP contribution in [0.5, 0.6) is 0 Å². The van der Waals surface area contributed by atoms with E-state index >= 15 is 0 Å². The van der Waals surface area contributed by atoms with Gasteiger partial charge < -0.3 is 15.7 Å². The Morgan fingerprint density at radius 3 is 1.94 bits per heavy atom. The second-order valence-corrected chi connectivity index (χ2v) is 3.69. The van der Waals surface area contributed by atoms with Crippen molar-refractivity contribution in [3.05, 3.63) is 34.9 Å². The molecule has 1 saturated heterocycles. The van der Waals surface area contributed by atoms with E-state index in [-0.39, 0.29) is 10.6 Å². The molecule has 16 heavy (non-hydrogen) atoms. The fraction of sp³-hybridized carbons (Fsp3) is 0.364. The molecule has 0 radical (unpaired) electrons. The van der Waals surface area contributed by atoms with Gasteiger partial charge in [-0.15, -0.1) is 0 Å². The number of hydrogen-bond donors (Lipinski definition) is 3. The summed E-state index contributed by atoms with van der Waals surface area (Å²) in [6, 6.07) is 6.33. The SMILES string of the molecule is C1CNCCN1.O=C(O)c1ccccc1Cl. The molecule has 1 aliphatic rings. The monoisotopic (exact) mass is 242 g/mol. The van der Waals surface area contributed by atoms with Gasteiger partial charge >= 0.3 is 5.97 Å². The summed E-state index contributed by atoms with van der Waals surface area (Å²) in [4.78, 5) is 10.3. The molecule has 1 aliphatic heterocycles. The van der Waals surface area contributed by atoms with Crippen LogP contribution in [0.3, 0.4) is 0 Å². The summed E-state index contributed by atoms with van der Waals surface area (Å²) < 4.78 is 0. The molecule has 2 rings (SSSR count). The average Bonchev–Trinajstić information content (AvgIpc) is 2.32. The number of carboxylic acids is 1. The molecule has 1 fully saturated rings. The number of benzene rings is 1. The van der Waals surface area contributed by atoms with Gasteiger partial charge in [-0.05, 0) is 12.1 Å². The Hall–Kier alpha value is -1.10. The van der Waals surface area contributed by atoms with Crippen LogP contribution in [-0.4, -0.2) is 37.3 Å². The van der Waals surface area contributed by atoms with Crippen LogP contribution in [0.1, 0.15) is 10.4 Å². The fourth-order valence-corrected chi connectivity index (χ4v) is 1.45. The van der Waals surface area contributed by atoms with E-state index in [2.05, 4.69) is 10.6 Å². The largest absolute Gasteiger partial charge is 0.478 e. The first kappa shape index (κ1) is 13.0. The van der Waals surface area contributed by atoms with Gasteiger partial charge in [0.25, 0.3) is 0 Å². The first-order chi connectivity index (χ1) is 7.72. The number of carboxylic acid groups (broad SMARTS) is 1. The normalized spacial score (nSPS) is 14.8. The first-order valence-corrected chi connectivity index (χ1v) is 5.49. The third kappa shape index (κ3) is 4.61. The molecule has 0 amide bonds. The molecule has 3 N–H and O–H groups in total. The summed E-state index contributed by atoms with van der Waals surface area (Å²) in [5.41, 5.74) is 0.143. The third-order valence-corrected chi connectivity index (χ3v) is 2.39. The molecule has 0 saturated carbocycles. The summed E-state index contributed by atoms with van der Waals surface area (Å²) >= 11 is 5.54. The maximum Gasteiger partial charge on any atom is 0.337 e. The van der Waals surface area contributed by atoms with E-state index in [1.165, 1.54) is 6.07 Å². The molecule has 0 bridgehead atoms. The highest BCUT2D eigenvalue weighted by Gasteiger charge is 2.04. The highest BCUT2D eigenvalue weighted by Crippen LogP contribution is 2.13. The molecule has 5 heteroatoms. The second kappa shape index (κ2) is 7.22. The quantitative estimate of drug-likeness (QED) is 0.693. The Bertz CT molecular complexity index is 329. The van der Waals surface area contributed by atoms with Crippen molar-refractivity contribution in [1.29, 1.82) is 0 Å². The number of rotatable bonds is 1. The van der Waals surface area contributed by atoms with E-state index in [9.17, 15) is 4.79 Å². The van der Waals surface area contributed by atoms with Crippen LogP contribution >= 0.6 is 11.6 Å². The number of halogens is 1. The van der Waals surface area contributed by atoms with Crippen LogP contribution in [0, 0.1) is 0 Å². The Kier molecular flexibility index (Phi) is 5.85. The minimum absolute atomic E-state index is 0.143. The van der Waals surface area contributed by atoms with Crippen molar-refractivity contribution in [2.24, 2.45) is 0 Å². The van der Waals surface area contributed by atoms with Crippen LogP contribution < -0.4 is 10.6 Å². The summed E-state index contributed by atoms with van der Waals surface area (Å²) in [5.74, 6) is -0.995. The molecule has 0 unspecified atom stereocenters. The molecule has 0 atom stereocenters. The molecular weight excluding hydrogens is 228 g/mol. The number of hydrogen-bond acceptors (Lipinski definition) is 3. The third-order valence-electron chi connectivity index (χ3n) is 2.06. The maximum atomic E-state index is 10.3. The van der Waals surface area contributed by atoms with E-state index in [0.717, 1.165) is 26.2 Å². The molecule has 0 aliphatic carbocycles. The van der Waals surface area contributed by atoms with Crippen molar-refractivity contribution in [1.82, 2.24) is 10.6 Å². The Labute approximate surface area is 99.6 Å². The van der Waals surface area contributed by atoms with Gasteiger partial charge in [-0.25, -0.2) is 4.79 Å². The molecule has 1 heterocycles. The van der Waals surface area contributed by atoms with Gasteiger partial charge in [0.1, 0.15) is 0 Å². The zero-order chi connectivity index (χ0) is 11.8. The summed E-state index contributed by atoms with van der Waals surface area (Å²) in [6.07, 6.45) is 0. The molecule has 0 aromatic heterocycles. The van der Waals surface area contributed by atoms with Gasteiger partial charge in [0, 0.05) is 26.2 Å². The Morgan fingerprint density at radius 1 is 1.12 bits per heavy atom. The number of piperazine rings is 1. The predicted molar refractivity (Wildman–Crippen MR) is 64.2 cm³/mol. The van der Waals surface area contributed by atoms with Crippen molar-refractivity contribution in [2.45, 2.75) is 0 Å². The standard InChI is InChI=1S/C7H5ClO2.C4H10N2/c8-6-4-2-1-3-5(6)7(9)10;1-2-6-4-3-5-1/h1-4H,(H,9,10);5-6H,1-4H2. The van der Waals surface area contributed by atoms with E-state index in [0.29, 0.717) is 0 Å². The van der Waals surface area contributed by atoms with Crippen molar-refractivity contribution in [3.63, 3.8) is 0 Å². The fourth-order valence-electron chi connectivity index (χ4n) is 1.24. The topological polar surface area (TPSA) is 61.4 Å². The Morgan fingerprint density at radius 2 is 1.62 bits per heavy atom. The predicted octanol–water partition coefficient (Wildman–Crippen LogP) is 1.22. The van der Waals surface area contributed by atoms with Crippen LogP contribution in [0.15, 0.2) is 24.3 Å². The molecule has 4 nitrogen and oxygen atoms in total. The van der Waals surface area contributed by atoms with Gasteiger partial charge in [0.2, 0.25) is 0 Å². The van der Waals surface area contributed by atoms with Gasteiger partial charge in [0.05, 0.1) is 10.6 Å². The molecular formula is C11H15ClN2O2. The van der Waals surface area contributed by atoms with Gasteiger partial charge in [-0.3, -0.25) is 0 Å². The lowest BCUT2D eigenvalue weighted by atomic mass is 10.2. The van der Waals surface area contributed by atoms with Gasteiger partial charge in [-0.1, -0.05) is 23.7 Å². The lowest BCUT2D eigenvalue weighted by molar-refractivity contribution is 0.0697. The minimum atomic E-state index is -0.995. The lowest BCUT2D eigenvalue weighted by Crippen LogP contribution is -2.39. The number of aromatic carboxylic acids is 1. The summed E-state index contributed by atoms with van der Waals surface area (Å²) in [5, 5.41) is 15.2. The smallest absolute Gasteiger partial charge is 0.337 e. The zero-order valence-electron chi connectivity index (χ0n) is 8.87. The van der Waals surface area contributed by atoms with Crippen molar-refractivity contribution >= 4 is 17.6 Å². The van der Waals surface area contributed by atoms with Gasteiger partial charge in [-0.2, -0.15) is 0 Å². The van der Waals surface area contributed by atoms with Crippen molar-refractivity contribution in [2.75, 3.05) is 26.2 Å². The van der Waals surface area contributed by atoms with E-state index in [4.69, 9.17) is 16.7 Å². The second-order valence-electron chi connectivity index (χ2n) is 3.28. The van der Waals surface area contributed by atoms with Gasteiger partial charge in [0.15, 0.2) is 0 Å². The molecule has 88 valence electrons. The molecule has 0 spiro atoms. The Balaban J connectivity index is 0.000000181. The maximum absolute atomic E-state index is 10.3. The average molecular weight is 243 g/mol. The highest BCUT2D eigenvalue weighted by molar-refractivity contribution is 6.33. The zero-order valence-corrected chi connectivity index (χ0v) is 9.63. The first-order valence-electron chi connectivity index (χ1n) is 5.11. The van der Waals surface area contributed by atoms with Crippen LogP contribution in [0.25, 0.3) is 0 Å². The summed E-state index contributed by atoms with van der Waals surface area (Å²) in [7, 11) is 0.